The lowest BCUT2D eigenvalue weighted by Gasteiger charge is -2.55. The summed E-state index contributed by atoms with van der Waals surface area (Å²) in [4.78, 5) is 13.5. The Morgan fingerprint density at radius 2 is 2.07 bits per heavy atom. The molecule has 0 aromatic carbocycles. The Bertz CT molecular complexity index is 263. The Morgan fingerprint density at radius 1 is 1.47 bits per heavy atom. The van der Waals surface area contributed by atoms with E-state index in [0.717, 1.165) is 32.7 Å². The summed E-state index contributed by atoms with van der Waals surface area (Å²) in [7, 11) is 0. The van der Waals surface area contributed by atoms with Crippen LogP contribution >= 0.6 is 0 Å². The number of morpholine rings is 1. The van der Waals surface area contributed by atoms with E-state index in [1.807, 2.05) is 6.92 Å². The van der Waals surface area contributed by atoms with Crippen molar-refractivity contribution in [2.24, 2.45) is 11.3 Å². The largest absolute Gasteiger partial charge is 0.481 e. The first-order chi connectivity index (χ1) is 7.05. The number of nitrogens with zero attached hydrogens (tertiary/aromatic N) is 1. The Morgan fingerprint density at radius 3 is 2.53 bits per heavy atom. The third kappa shape index (κ3) is 1.66. The van der Waals surface area contributed by atoms with Gasteiger partial charge in [0.15, 0.2) is 0 Å². The number of ether oxygens (including phenoxy) is 1. The van der Waals surface area contributed by atoms with Crippen LogP contribution in [0, 0.1) is 11.3 Å². The van der Waals surface area contributed by atoms with E-state index in [4.69, 9.17) is 4.74 Å². The van der Waals surface area contributed by atoms with Crippen LogP contribution in [0.4, 0.5) is 0 Å². The molecule has 2 fully saturated rings. The van der Waals surface area contributed by atoms with Crippen LogP contribution in [0.25, 0.3) is 0 Å². The average Bonchev–Trinajstić information content (AvgIpc) is 2.18. The summed E-state index contributed by atoms with van der Waals surface area (Å²) < 4.78 is 5.29. The quantitative estimate of drug-likeness (QED) is 0.737. The van der Waals surface area contributed by atoms with E-state index < -0.39 is 11.4 Å². The standard InChI is InChI=1S/C11H19NO3/c1-8-7-11(2,10(13)14)9(8)12-3-5-15-6-4-12/h8-9H,3-7H2,1-2H3,(H,13,14). The van der Waals surface area contributed by atoms with E-state index in [1.54, 1.807) is 0 Å². The van der Waals surface area contributed by atoms with E-state index in [2.05, 4.69) is 11.8 Å². The molecule has 0 aromatic heterocycles. The van der Waals surface area contributed by atoms with E-state index in [9.17, 15) is 9.90 Å². The molecule has 1 saturated carbocycles. The lowest BCUT2D eigenvalue weighted by molar-refractivity contribution is -0.172. The molecule has 3 unspecified atom stereocenters. The van der Waals surface area contributed by atoms with Crippen molar-refractivity contribution in [1.29, 1.82) is 0 Å². The summed E-state index contributed by atoms with van der Waals surface area (Å²) in [5.41, 5.74) is -0.545. The fourth-order valence-electron chi connectivity index (χ4n) is 3.20. The van der Waals surface area contributed by atoms with Gasteiger partial charge in [0.1, 0.15) is 0 Å². The van der Waals surface area contributed by atoms with Crippen LogP contribution in [0.3, 0.4) is 0 Å². The zero-order valence-electron chi connectivity index (χ0n) is 9.40. The second-order valence-electron chi connectivity index (χ2n) is 5.00. The SMILES string of the molecule is CC1CC(C)(C(=O)O)C1N1CCOCC1. The number of carboxylic acid groups (broad SMARTS) is 1. The van der Waals surface area contributed by atoms with Gasteiger partial charge in [0.2, 0.25) is 0 Å². The van der Waals surface area contributed by atoms with E-state index in [1.165, 1.54) is 0 Å². The number of rotatable bonds is 2. The fraction of sp³-hybridized carbons (Fsp3) is 0.909. The molecule has 1 heterocycles. The van der Waals surface area contributed by atoms with Crippen LogP contribution in [0.15, 0.2) is 0 Å². The summed E-state index contributed by atoms with van der Waals surface area (Å²) >= 11 is 0. The summed E-state index contributed by atoms with van der Waals surface area (Å²) in [6.45, 7) is 7.23. The fourth-order valence-corrected chi connectivity index (χ4v) is 3.20. The molecular formula is C11H19NO3. The minimum atomic E-state index is -0.655. The van der Waals surface area contributed by atoms with Gasteiger partial charge in [-0.15, -0.1) is 0 Å². The van der Waals surface area contributed by atoms with Crippen LogP contribution in [-0.4, -0.2) is 48.3 Å². The number of carboxylic acids is 1. The molecule has 1 N–H and O–H groups in total. The van der Waals surface area contributed by atoms with E-state index in [0.29, 0.717) is 5.92 Å². The van der Waals surface area contributed by atoms with Crippen molar-refractivity contribution in [2.45, 2.75) is 26.3 Å². The highest BCUT2D eigenvalue weighted by atomic mass is 16.5. The van der Waals surface area contributed by atoms with Gasteiger partial charge < -0.3 is 9.84 Å². The van der Waals surface area contributed by atoms with Crippen molar-refractivity contribution in [3.05, 3.63) is 0 Å². The molecule has 4 nitrogen and oxygen atoms in total. The molecule has 0 radical (unpaired) electrons. The van der Waals surface area contributed by atoms with Gasteiger partial charge in [-0.1, -0.05) is 6.92 Å². The normalized spacial score (nSPS) is 42.3. The third-order valence-electron chi connectivity index (χ3n) is 3.87. The molecule has 3 atom stereocenters. The Balaban J connectivity index is 2.08. The molecule has 0 spiro atoms. The van der Waals surface area contributed by atoms with Gasteiger partial charge in [0.05, 0.1) is 18.6 Å². The molecule has 2 aliphatic rings. The summed E-state index contributed by atoms with van der Waals surface area (Å²) in [6, 6.07) is 0.193. The predicted molar refractivity (Wildman–Crippen MR) is 55.7 cm³/mol. The highest BCUT2D eigenvalue weighted by molar-refractivity contribution is 5.76. The maximum Gasteiger partial charge on any atom is 0.310 e. The number of aliphatic carboxylic acids is 1. The minimum absolute atomic E-state index is 0.193. The second-order valence-corrected chi connectivity index (χ2v) is 5.00. The molecule has 0 aromatic rings. The molecule has 0 bridgehead atoms. The molecule has 2 rings (SSSR count). The third-order valence-corrected chi connectivity index (χ3v) is 3.87. The molecule has 0 amide bonds. The Labute approximate surface area is 90.2 Å². The van der Waals surface area contributed by atoms with Crippen LogP contribution in [0.1, 0.15) is 20.3 Å². The van der Waals surface area contributed by atoms with E-state index in [-0.39, 0.29) is 6.04 Å². The van der Waals surface area contributed by atoms with Gasteiger partial charge in [0.25, 0.3) is 0 Å². The van der Waals surface area contributed by atoms with Crippen LogP contribution in [0.5, 0.6) is 0 Å². The van der Waals surface area contributed by atoms with Crippen molar-refractivity contribution < 1.29 is 14.6 Å². The van der Waals surface area contributed by atoms with Gasteiger partial charge in [-0.2, -0.15) is 0 Å². The Kier molecular flexibility index (Phi) is 2.73. The summed E-state index contributed by atoms with van der Waals surface area (Å²) in [5.74, 6) is -0.165. The first-order valence-electron chi connectivity index (χ1n) is 5.61. The molecular weight excluding hydrogens is 194 g/mol. The van der Waals surface area contributed by atoms with Gasteiger partial charge in [0, 0.05) is 19.1 Å². The lowest BCUT2D eigenvalue weighted by Crippen LogP contribution is -2.64. The van der Waals surface area contributed by atoms with Crippen molar-refractivity contribution in [3.8, 4) is 0 Å². The average molecular weight is 213 g/mol. The van der Waals surface area contributed by atoms with Crippen molar-refractivity contribution >= 4 is 5.97 Å². The molecule has 4 heteroatoms. The van der Waals surface area contributed by atoms with Gasteiger partial charge in [-0.3, -0.25) is 9.69 Å². The van der Waals surface area contributed by atoms with Gasteiger partial charge in [-0.05, 0) is 19.3 Å². The number of hydrogen-bond donors (Lipinski definition) is 1. The maximum absolute atomic E-state index is 11.2. The highest BCUT2D eigenvalue weighted by Gasteiger charge is 2.56. The molecule has 1 saturated heterocycles. The summed E-state index contributed by atoms with van der Waals surface area (Å²) in [6.07, 6.45) is 0.796. The van der Waals surface area contributed by atoms with Gasteiger partial charge in [-0.25, -0.2) is 0 Å². The first kappa shape index (κ1) is 10.9. The number of hydrogen-bond acceptors (Lipinski definition) is 3. The predicted octanol–water partition coefficient (Wildman–Crippen LogP) is 0.818. The van der Waals surface area contributed by atoms with Crippen LogP contribution in [-0.2, 0) is 9.53 Å². The zero-order chi connectivity index (χ0) is 11.1. The monoisotopic (exact) mass is 213 g/mol. The van der Waals surface area contributed by atoms with Gasteiger partial charge >= 0.3 is 5.97 Å². The summed E-state index contributed by atoms with van der Waals surface area (Å²) in [5, 5.41) is 9.25. The van der Waals surface area contributed by atoms with Crippen molar-refractivity contribution in [1.82, 2.24) is 4.90 Å². The molecule has 1 aliphatic heterocycles. The zero-order valence-corrected chi connectivity index (χ0v) is 9.40. The van der Waals surface area contributed by atoms with Crippen LogP contribution in [0.2, 0.25) is 0 Å². The molecule has 15 heavy (non-hydrogen) atoms. The van der Waals surface area contributed by atoms with E-state index >= 15 is 0 Å². The highest BCUT2D eigenvalue weighted by Crippen LogP contribution is 2.48. The lowest BCUT2D eigenvalue weighted by atomic mass is 9.58. The maximum atomic E-state index is 11.2. The smallest absolute Gasteiger partial charge is 0.310 e. The molecule has 1 aliphatic carbocycles. The second kappa shape index (κ2) is 3.76. The molecule has 86 valence electrons. The number of carbonyl (C=O) groups is 1. The van der Waals surface area contributed by atoms with Crippen molar-refractivity contribution in [2.75, 3.05) is 26.3 Å². The van der Waals surface area contributed by atoms with Crippen molar-refractivity contribution in [3.63, 3.8) is 0 Å². The minimum Gasteiger partial charge on any atom is -0.481 e. The van der Waals surface area contributed by atoms with Crippen LogP contribution < -0.4 is 0 Å². The topological polar surface area (TPSA) is 49.8 Å². The Hall–Kier alpha value is -0.610. The first-order valence-corrected chi connectivity index (χ1v) is 5.61.